The van der Waals surface area contributed by atoms with E-state index in [1.54, 1.807) is 118 Å². The molecule has 13 amide bonds. The molecule has 1 saturated heterocycles. The van der Waals surface area contributed by atoms with Crippen LogP contribution < -0.4 is 53.2 Å². The second-order valence-corrected chi connectivity index (χ2v) is 35.8. The van der Waals surface area contributed by atoms with Crippen molar-refractivity contribution in [1.29, 1.82) is 0 Å². The van der Waals surface area contributed by atoms with Crippen LogP contribution in [-0.4, -0.2) is 268 Å². The van der Waals surface area contributed by atoms with Crippen molar-refractivity contribution in [2.75, 3.05) is 118 Å². The van der Waals surface area contributed by atoms with Crippen molar-refractivity contribution < 1.29 is 95.8 Å². The third-order valence-electron chi connectivity index (χ3n) is 23.5. The van der Waals surface area contributed by atoms with Crippen LogP contribution in [-0.2, 0) is 101 Å². The Bertz CT molecular complexity index is 4530. The lowest BCUT2D eigenvalue weighted by molar-refractivity contribution is -0.148. The molecule has 0 bridgehead atoms. The van der Waals surface area contributed by atoms with E-state index in [0.717, 1.165) is 11.1 Å². The van der Waals surface area contributed by atoms with Crippen LogP contribution in [0.15, 0.2) is 103 Å². The van der Waals surface area contributed by atoms with Gasteiger partial charge in [0.15, 0.2) is 0 Å². The van der Waals surface area contributed by atoms with Crippen molar-refractivity contribution in [3.05, 3.63) is 120 Å². The summed E-state index contributed by atoms with van der Waals surface area (Å²) in [6, 6.07) is 23.6. The number of hydrogen-bond donors (Lipinski definition) is 10. The van der Waals surface area contributed by atoms with Crippen molar-refractivity contribution in [3.63, 3.8) is 0 Å². The summed E-state index contributed by atoms with van der Waals surface area (Å²) < 4.78 is 41.9. The van der Waals surface area contributed by atoms with E-state index in [1.165, 1.54) is 26.2 Å². The molecule has 4 aromatic carbocycles. The van der Waals surface area contributed by atoms with Crippen molar-refractivity contribution in [2.45, 2.75) is 228 Å². The van der Waals surface area contributed by atoms with Gasteiger partial charge >= 0.3 is 12.1 Å². The number of benzene rings is 4. The quantitative estimate of drug-likeness (QED) is 0.0168. The van der Waals surface area contributed by atoms with Crippen LogP contribution >= 0.6 is 0 Å². The monoisotopic (exact) mass is 1830 g/mol. The summed E-state index contributed by atoms with van der Waals surface area (Å²) in [7, 11) is 6.07. The molecular weight excluding hydrogens is 1690 g/mol. The fourth-order valence-corrected chi connectivity index (χ4v) is 16.0. The van der Waals surface area contributed by atoms with Gasteiger partial charge in [-0.05, 0) is 96.6 Å². The fraction of sp³-hybridized carbons (Fsp3) is 0.600. The van der Waals surface area contributed by atoms with E-state index < -0.39 is 126 Å². The lowest BCUT2D eigenvalue weighted by Gasteiger charge is -2.41. The van der Waals surface area contributed by atoms with E-state index >= 15 is 0 Å². The molecule has 131 heavy (non-hydrogen) atoms. The molecule has 0 unspecified atom stereocenters. The Morgan fingerprint density at radius 3 is 1.85 bits per heavy atom. The zero-order chi connectivity index (χ0) is 96.2. The number of likely N-dealkylation sites (tertiary alicyclic amines) is 1. The molecular formula is C95H142N16O20. The van der Waals surface area contributed by atoms with Gasteiger partial charge in [0.2, 0.25) is 59.1 Å². The number of methoxy groups -OCH3 is 2. The first kappa shape index (κ1) is 107. The van der Waals surface area contributed by atoms with E-state index in [4.69, 9.17) is 38.9 Å². The normalized spacial score (nSPS) is 15.6. The number of ether oxygens (including phenoxy) is 7. The van der Waals surface area contributed by atoms with Crippen LogP contribution in [0.4, 0.5) is 21.0 Å². The summed E-state index contributed by atoms with van der Waals surface area (Å²) in [5.41, 5.74) is 10.8. The van der Waals surface area contributed by atoms with Gasteiger partial charge in [-0.25, -0.2) is 14.3 Å². The van der Waals surface area contributed by atoms with Crippen molar-refractivity contribution >= 4 is 82.6 Å². The molecule has 0 radical (unpaired) electrons. The third kappa shape index (κ3) is 32.7. The van der Waals surface area contributed by atoms with Gasteiger partial charge in [0, 0.05) is 90.6 Å². The molecule has 1 fully saturated rings. The summed E-state index contributed by atoms with van der Waals surface area (Å²) in [6.45, 7) is 26.9. The van der Waals surface area contributed by atoms with Crippen LogP contribution in [0.5, 0.6) is 0 Å². The van der Waals surface area contributed by atoms with Crippen LogP contribution in [0.25, 0.3) is 22.5 Å². The topological polar surface area (TPSA) is 456 Å². The van der Waals surface area contributed by atoms with Gasteiger partial charge < -0.3 is 101 Å². The zero-order valence-electron chi connectivity index (χ0n) is 79.4. The number of fused-ring (bicyclic) bond motifs is 5. The summed E-state index contributed by atoms with van der Waals surface area (Å²) in [5, 5.41) is 42.5. The smallest absolute Gasteiger partial charge is 0.410 e. The number of carbonyl (C=O) groups excluding carboxylic acids is 12. The number of aliphatic hydroxyl groups is 1. The van der Waals surface area contributed by atoms with Crippen LogP contribution in [0.1, 0.15) is 171 Å². The predicted octanol–water partition coefficient (Wildman–Crippen LogP) is 7.58. The van der Waals surface area contributed by atoms with Gasteiger partial charge in [-0.3, -0.25) is 52.8 Å². The molecule has 2 aliphatic heterocycles. The van der Waals surface area contributed by atoms with Gasteiger partial charge in [0.1, 0.15) is 43.0 Å². The Hall–Kier alpha value is -11.0. The van der Waals surface area contributed by atoms with E-state index in [2.05, 4.69) is 52.8 Å². The summed E-state index contributed by atoms with van der Waals surface area (Å²) >= 11 is 0. The summed E-state index contributed by atoms with van der Waals surface area (Å²) in [4.78, 5) is 171. The average molecular weight is 1830 g/mol. The molecule has 36 heteroatoms. The molecule has 12 atom stereocenters. The van der Waals surface area contributed by atoms with Crippen LogP contribution in [0, 0.1) is 35.0 Å². The van der Waals surface area contributed by atoms with Gasteiger partial charge in [0.05, 0.1) is 120 Å². The maximum Gasteiger partial charge on any atom is 0.410 e. The molecule has 36 nitrogen and oxygen atoms in total. The summed E-state index contributed by atoms with van der Waals surface area (Å²) in [5.74, 6) is -6.31. The van der Waals surface area contributed by atoms with Gasteiger partial charge in [0.25, 0.3) is 0 Å². The molecule has 2 aliphatic rings. The van der Waals surface area contributed by atoms with E-state index in [9.17, 15) is 62.6 Å². The maximum atomic E-state index is 14.9. The Labute approximate surface area is 770 Å². The highest BCUT2D eigenvalue weighted by Gasteiger charge is 2.45. The third-order valence-corrected chi connectivity index (χ3v) is 23.5. The number of rotatable bonds is 53. The van der Waals surface area contributed by atoms with E-state index in [-0.39, 0.29) is 165 Å². The first-order valence-electron chi connectivity index (χ1n) is 45.5. The minimum Gasteiger partial charge on any atom is -0.445 e. The van der Waals surface area contributed by atoms with Gasteiger partial charge in [-0.1, -0.05) is 180 Å². The highest BCUT2D eigenvalue weighted by atomic mass is 16.6. The summed E-state index contributed by atoms with van der Waals surface area (Å²) in [6.07, 6.45) is -1.40. The number of aliphatic hydroxyl groups excluding tert-OH is 1. The largest absolute Gasteiger partial charge is 0.445 e. The van der Waals surface area contributed by atoms with Gasteiger partial charge in [-0.2, -0.15) is 0 Å². The number of carbonyl (C=O) groups is 12. The van der Waals surface area contributed by atoms with Crippen LogP contribution in [0.2, 0.25) is 0 Å². The Kier molecular flexibility index (Phi) is 43.7. The van der Waals surface area contributed by atoms with Crippen molar-refractivity contribution in [1.82, 2.24) is 66.9 Å². The van der Waals surface area contributed by atoms with Crippen molar-refractivity contribution in [3.8, 4) is 22.5 Å². The minimum atomic E-state index is -1.15. The van der Waals surface area contributed by atoms with Crippen molar-refractivity contribution in [2.24, 2.45) is 40.7 Å². The average Bonchev–Trinajstić information content (AvgIpc) is 1.64. The number of anilines is 2. The molecule has 1 aromatic heterocycles. The number of likely N-dealkylation sites (N-methyl/N-ethyl adjacent to an activating group) is 2. The second kappa shape index (κ2) is 53.5. The number of hydrogen-bond acceptors (Lipinski definition) is 22. The molecule has 0 aliphatic carbocycles. The highest BCUT2D eigenvalue weighted by Crippen LogP contribution is 2.42. The Morgan fingerprint density at radius 2 is 1.24 bits per heavy atom. The number of nitrogens with one attached hydrogen (secondary N) is 8. The predicted molar refractivity (Wildman–Crippen MR) is 494 cm³/mol. The minimum absolute atomic E-state index is 0.0186. The highest BCUT2D eigenvalue weighted by molar-refractivity contribution is 6.02. The lowest BCUT2D eigenvalue weighted by atomic mass is 9.89. The molecule has 11 N–H and O–H groups in total. The number of nitrogens with zero attached hydrogens (tertiary/aromatic N) is 7. The number of primary amides is 1. The Morgan fingerprint density at radius 1 is 0.611 bits per heavy atom. The first-order valence-corrected chi connectivity index (χ1v) is 45.5. The van der Waals surface area contributed by atoms with Gasteiger partial charge in [-0.15, -0.1) is 5.10 Å². The molecule has 722 valence electrons. The molecule has 0 saturated carbocycles. The number of nitrogens with two attached hydrogens (primary N) is 1. The molecule has 5 aromatic rings. The lowest BCUT2D eigenvalue weighted by Crippen LogP contribution is -2.60. The maximum absolute atomic E-state index is 14.9. The zero-order valence-corrected chi connectivity index (χ0v) is 79.4. The number of para-hydroxylation sites is 1. The van der Waals surface area contributed by atoms with E-state index in [0.29, 0.717) is 71.8 Å². The van der Waals surface area contributed by atoms with Crippen LogP contribution in [0.3, 0.4) is 0 Å². The first-order chi connectivity index (χ1) is 62.4. The number of aromatic nitrogens is 3. The number of amides is 13. The Balaban J connectivity index is 0.796. The fourth-order valence-electron chi connectivity index (χ4n) is 16.0. The number of urea groups is 1. The standard InChI is InChI=1S/C95H142N16O20/c1-18-62(8)84(74(125-16)54-79(116)109-45-27-35-73(109)87(126-17)63(9)88(118)100-64(10)86(117)66-28-20-19-21-29-66)107(14)92(122)81(60(4)5)104-91(121)83(61(6)7)108(15)94(124)131-57-65-36-38-68(39-37-65)101-89(119)71(33-26-43-98-93(96)123)102-90(120)80(59(2)3)103-76(113)42-46-127-48-50-129-52-53-130-51-49-128-47-44-97-75(112)40-41-78(115)110-55-67-30-22-23-31-69(67)82-85(70-32-24-25-34-72(70)110)111(106-105-82)56-77(114)99-58-95(11,12)13/h19-25,28-32,34,36-39,59-64,71,73-74,80-81,83-84,86-87,117H,18,26-27,33,35,40-58H2,1-17H3,(H,97,112)(H,99,114)(H,100,118)(H,101,119)(H,102,120)(H,103,113)(H,104,121)(H3,96,98,123)/t62-,63+,64+,71-,73-,74+,80-,81-,83-,84-,86+,87+/m0/s1. The molecule has 7 rings (SSSR count). The second-order valence-electron chi connectivity index (χ2n) is 35.8. The SMILES string of the molecule is CC[C@H](C)[C@@H]([C@@H](CC(=O)N1CCC[C@H]1[C@H](OC)[C@@H](C)C(=O)N[C@H](C)[C@@H](O)c1ccccc1)OC)N(C)C(=O)[C@@H](NC(=O)[C@H](C(C)C)N(C)C(=O)OCc1ccc(NC(=O)[C@H](CCCNC(N)=O)NC(=O)[C@@H](NC(=O)CCOCCOCCOCCOCCNC(=O)CCC(=O)N2Cc3ccccc3-c3nnn(CC(=O)NCC(C)(C)C)c3-c3ccccc32)C(C)C)cc1)C(C)C. The van der Waals surface area contributed by atoms with E-state index in [1.807, 2.05) is 101 Å². The molecule has 0 spiro atoms. The molecule has 3 heterocycles.